The molecule has 1 atom stereocenters. The van der Waals surface area contributed by atoms with Gasteiger partial charge < -0.3 is 4.48 Å². The number of phosphoric acid groups is 1. The maximum absolute atomic E-state index is 12.3. The molecule has 0 amide bonds. The van der Waals surface area contributed by atoms with Gasteiger partial charge in [-0.25, -0.2) is 4.57 Å². The fraction of sp³-hybridized carbons (Fsp3) is 1.00. The summed E-state index contributed by atoms with van der Waals surface area (Å²) in [5.41, 5.74) is 0. The first-order valence-corrected chi connectivity index (χ1v) is 11.0. The first-order valence-electron chi connectivity index (χ1n) is 9.58. The van der Waals surface area contributed by atoms with Crippen molar-refractivity contribution in [3.63, 3.8) is 0 Å². The average Bonchev–Trinajstić information content (AvgIpc) is 2.51. The molecule has 0 aliphatic rings. The van der Waals surface area contributed by atoms with E-state index in [9.17, 15) is 4.57 Å². The molecule has 0 aliphatic heterocycles. The SMILES string of the molecule is CCCCCCCCCCCCOP(=O)(OC)OCC[N+](C)(C)C. The van der Waals surface area contributed by atoms with Crippen molar-refractivity contribution in [1.29, 1.82) is 0 Å². The number of unbranched alkanes of at least 4 members (excludes halogenated alkanes) is 9. The van der Waals surface area contributed by atoms with Crippen LogP contribution in [-0.4, -0.2) is 52.5 Å². The molecule has 0 aliphatic carbocycles. The molecule has 0 heterocycles. The highest BCUT2D eigenvalue weighted by Crippen LogP contribution is 2.48. The Balaban J connectivity index is 3.57. The van der Waals surface area contributed by atoms with Crippen molar-refractivity contribution >= 4 is 7.82 Å². The van der Waals surface area contributed by atoms with Crippen LogP contribution in [0.1, 0.15) is 71.1 Å². The Morgan fingerprint density at radius 3 is 1.67 bits per heavy atom. The predicted molar refractivity (Wildman–Crippen MR) is 101 cm³/mol. The average molecular weight is 367 g/mol. The van der Waals surface area contributed by atoms with Crippen molar-refractivity contribution in [2.75, 3.05) is 48.0 Å². The van der Waals surface area contributed by atoms with Gasteiger partial charge in [0.25, 0.3) is 0 Å². The molecule has 0 aromatic rings. The third-order valence-electron chi connectivity index (χ3n) is 3.98. The minimum absolute atomic E-state index is 0.368. The molecule has 24 heavy (non-hydrogen) atoms. The molecule has 0 spiro atoms. The van der Waals surface area contributed by atoms with Crippen LogP contribution >= 0.6 is 7.82 Å². The van der Waals surface area contributed by atoms with Crippen molar-refractivity contribution in [1.82, 2.24) is 0 Å². The second-order valence-corrected chi connectivity index (χ2v) is 9.27. The van der Waals surface area contributed by atoms with Gasteiger partial charge in [-0.1, -0.05) is 64.7 Å². The zero-order valence-electron chi connectivity index (χ0n) is 16.7. The number of quaternary nitrogens is 1. The molecular weight excluding hydrogens is 325 g/mol. The van der Waals surface area contributed by atoms with E-state index in [1.54, 1.807) is 0 Å². The topological polar surface area (TPSA) is 44.8 Å². The second-order valence-electron chi connectivity index (χ2n) is 7.49. The molecule has 0 fully saturated rings. The van der Waals surface area contributed by atoms with Crippen LogP contribution in [0.3, 0.4) is 0 Å². The number of hydrogen-bond donors (Lipinski definition) is 0. The smallest absolute Gasteiger partial charge is 0.329 e. The Kier molecular flexibility index (Phi) is 14.3. The normalized spacial score (nSPS) is 14.7. The zero-order chi connectivity index (χ0) is 18.3. The largest absolute Gasteiger partial charge is 0.474 e. The zero-order valence-corrected chi connectivity index (χ0v) is 17.6. The lowest BCUT2D eigenvalue weighted by Gasteiger charge is -2.24. The molecule has 0 saturated carbocycles. The van der Waals surface area contributed by atoms with Crippen LogP contribution in [-0.2, 0) is 18.1 Å². The Morgan fingerprint density at radius 1 is 0.750 bits per heavy atom. The minimum Gasteiger partial charge on any atom is -0.329 e. The van der Waals surface area contributed by atoms with Gasteiger partial charge in [0, 0.05) is 7.11 Å². The highest BCUT2D eigenvalue weighted by atomic mass is 31.2. The fourth-order valence-electron chi connectivity index (χ4n) is 2.34. The highest BCUT2D eigenvalue weighted by Gasteiger charge is 2.25. The van der Waals surface area contributed by atoms with Gasteiger partial charge >= 0.3 is 7.82 Å². The van der Waals surface area contributed by atoms with Gasteiger partial charge in [0.2, 0.25) is 0 Å². The molecule has 0 N–H and O–H groups in total. The van der Waals surface area contributed by atoms with Crippen LogP contribution in [0.5, 0.6) is 0 Å². The fourth-order valence-corrected chi connectivity index (χ4v) is 3.28. The Labute approximate surface area is 150 Å². The molecule has 146 valence electrons. The minimum atomic E-state index is -3.37. The van der Waals surface area contributed by atoms with Crippen molar-refractivity contribution in [2.45, 2.75) is 71.1 Å². The number of likely N-dealkylation sites (N-methyl/N-ethyl adjacent to an activating group) is 1. The molecule has 1 unspecified atom stereocenters. The lowest BCUT2D eigenvalue weighted by molar-refractivity contribution is -0.870. The van der Waals surface area contributed by atoms with Crippen LogP contribution in [0.15, 0.2) is 0 Å². The summed E-state index contributed by atoms with van der Waals surface area (Å²) < 4.78 is 28.7. The Hall–Kier alpha value is 0.0700. The quantitative estimate of drug-likeness (QED) is 0.196. The van der Waals surface area contributed by atoms with E-state index in [4.69, 9.17) is 13.6 Å². The number of nitrogens with zero attached hydrogens (tertiary/aromatic N) is 1. The summed E-state index contributed by atoms with van der Waals surface area (Å²) in [6.07, 6.45) is 12.6. The molecule has 0 radical (unpaired) electrons. The van der Waals surface area contributed by atoms with E-state index < -0.39 is 7.82 Å². The van der Waals surface area contributed by atoms with Gasteiger partial charge in [-0.3, -0.25) is 13.6 Å². The molecule has 0 aromatic heterocycles. The first-order chi connectivity index (χ1) is 11.3. The van der Waals surface area contributed by atoms with E-state index in [1.807, 2.05) is 0 Å². The van der Waals surface area contributed by atoms with Crippen LogP contribution in [0.25, 0.3) is 0 Å². The maximum atomic E-state index is 12.3. The van der Waals surface area contributed by atoms with Crippen molar-refractivity contribution in [2.24, 2.45) is 0 Å². The van der Waals surface area contributed by atoms with E-state index in [2.05, 4.69) is 28.1 Å². The van der Waals surface area contributed by atoms with Crippen molar-refractivity contribution in [3.05, 3.63) is 0 Å². The molecule has 0 aromatic carbocycles. The van der Waals surface area contributed by atoms with Crippen LogP contribution in [0.2, 0.25) is 0 Å². The standard InChI is InChI=1S/C18H41NO4P/c1-6-7-8-9-10-11-12-13-14-15-17-22-24(20,21-5)23-18-16-19(2,3)4/h6-18H2,1-5H3/q+1. The van der Waals surface area contributed by atoms with Gasteiger partial charge in [0.1, 0.15) is 13.2 Å². The van der Waals surface area contributed by atoms with E-state index in [0.717, 1.165) is 23.9 Å². The monoisotopic (exact) mass is 366 g/mol. The third-order valence-corrected chi connectivity index (χ3v) is 5.43. The van der Waals surface area contributed by atoms with Crippen LogP contribution in [0, 0.1) is 0 Å². The van der Waals surface area contributed by atoms with Crippen LogP contribution < -0.4 is 0 Å². The van der Waals surface area contributed by atoms with Gasteiger partial charge in [0.05, 0.1) is 27.7 Å². The summed E-state index contributed by atoms with van der Waals surface area (Å²) in [6.45, 7) is 3.81. The van der Waals surface area contributed by atoms with E-state index in [0.29, 0.717) is 13.2 Å². The predicted octanol–water partition coefficient (Wildman–Crippen LogP) is 5.40. The molecule has 0 bridgehead atoms. The highest BCUT2D eigenvalue weighted by molar-refractivity contribution is 7.48. The first kappa shape index (κ1) is 24.1. The summed E-state index contributed by atoms with van der Waals surface area (Å²) >= 11 is 0. The molecule has 0 saturated heterocycles. The number of hydrogen-bond acceptors (Lipinski definition) is 4. The van der Waals surface area contributed by atoms with Crippen molar-refractivity contribution in [3.8, 4) is 0 Å². The van der Waals surface area contributed by atoms with Gasteiger partial charge in [-0.2, -0.15) is 0 Å². The Bertz CT molecular complexity index is 331. The summed E-state index contributed by atoms with van der Waals surface area (Å²) in [5.74, 6) is 0. The van der Waals surface area contributed by atoms with Gasteiger partial charge in [-0.15, -0.1) is 0 Å². The summed E-state index contributed by atoms with van der Waals surface area (Å²) in [4.78, 5) is 0. The summed E-state index contributed by atoms with van der Waals surface area (Å²) in [5, 5.41) is 0. The van der Waals surface area contributed by atoms with E-state index >= 15 is 0 Å². The summed E-state index contributed by atoms with van der Waals surface area (Å²) in [7, 11) is 4.19. The van der Waals surface area contributed by atoms with E-state index in [-0.39, 0.29) is 0 Å². The van der Waals surface area contributed by atoms with E-state index in [1.165, 1.54) is 58.5 Å². The summed E-state index contributed by atoms with van der Waals surface area (Å²) in [6, 6.07) is 0. The maximum Gasteiger partial charge on any atom is 0.474 e. The number of rotatable bonds is 17. The number of phosphoric ester groups is 1. The van der Waals surface area contributed by atoms with Crippen molar-refractivity contribution < 1.29 is 22.6 Å². The van der Waals surface area contributed by atoms with Crippen LogP contribution in [0.4, 0.5) is 0 Å². The molecule has 6 heteroatoms. The van der Waals surface area contributed by atoms with Gasteiger partial charge in [-0.05, 0) is 6.42 Å². The second kappa shape index (κ2) is 14.3. The lowest BCUT2D eigenvalue weighted by atomic mass is 10.1. The molecule has 5 nitrogen and oxygen atoms in total. The lowest BCUT2D eigenvalue weighted by Crippen LogP contribution is -2.37. The molecule has 0 rings (SSSR count). The molecular formula is C18H41NO4P+. The Morgan fingerprint density at radius 2 is 1.21 bits per heavy atom. The third kappa shape index (κ3) is 15.6. The van der Waals surface area contributed by atoms with Gasteiger partial charge in [0.15, 0.2) is 0 Å².